The highest BCUT2D eigenvalue weighted by molar-refractivity contribution is 7.22. The van der Waals surface area contributed by atoms with E-state index in [2.05, 4.69) is 71.6 Å². The van der Waals surface area contributed by atoms with Crippen molar-refractivity contribution in [2.24, 2.45) is 0 Å². The second-order valence-corrected chi connectivity index (χ2v) is 9.71. The van der Waals surface area contributed by atoms with Crippen LogP contribution in [0.25, 0.3) is 20.5 Å². The Bertz CT molecular complexity index is 1220. The van der Waals surface area contributed by atoms with E-state index in [0.29, 0.717) is 0 Å². The Balaban J connectivity index is 1.26. The highest BCUT2D eigenvalue weighted by atomic mass is 32.1. The SMILES string of the molecule is c1ccc2c(c1)OC(c1ccc(OCCN3CCCCC3)cc1)c1c-2sc2ccccc12. The normalized spacial score (nSPS) is 18.1. The van der Waals surface area contributed by atoms with Crippen LogP contribution in [-0.2, 0) is 0 Å². The fourth-order valence-electron chi connectivity index (χ4n) is 4.92. The van der Waals surface area contributed by atoms with Crippen molar-refractivity contribution in [2.45, 2.75) is 25.4 Å². The lowest BCUT2D eigenvalue weighted by Crippen LogP contribution is -2.33. The molecule has 0 radical (unpaired) electrons. The van der Waals surface area contributed by atoms with Crippen LogP contribution in [0.3, 0.4) is 0 Å². The Morgan fingerprint density at radius 1 is 0.875 bits per heavy atom. The van der Waals surface area contributed by atoms with Gasteiger partial charge in [-0.3, -0.25) is 4.90 Å². The number of fused-ring (bicyclic) bond motifs is 5. The van der Waals surface area contributed by atoms with Crippen LogP contribution < -0.4 is 9.47 Å². The summed E-state index contributed by atoms with van der Waals surface area (Å²) in [5, 5.41) is 1.29. The first-order valence-corrected chi connectivity index (χ1v) is 12.4. The maximum atomic E-state index is 6.57. The van der Waals surface area contributed by atoms with Crippen LogP contribution in [-0.4, -0.2) is 31.1 Å². The van der Waals surface area contributed by atoms with E-state index in [1.807, 2.05) is 17.4 Å². The minimum Gasteiger partial charge on any atom is -0.492 e. The third-order valence-electron chi connectivity index (χ3n) is 6.58. The van der Waals surface area contributed by atoms with E-state index in [4.69, 9.17) is 9.47 Å². The van der Waals surface area contributed by atoms with Crippen LogP contribution in [0, 0.1) is 0 Å². The standard InChI is InChI=1S/C28H27NO2S/c1-6-16-29(17-7-1)18-19-30-21-14-12-20(13-15-21)27-26-23-9-3-5-11-25(23)32-28(26)22-8-2-4-10-24(22)31-27/h2-5,8-15,27H,1,6-7,16-19H2. The highest BCUT2D eigenvalue weighted by Crippen LogP contribution is 2.51. The van der Waals surface area contributed by atoms with Crippen molar-refractivity contribution >= 4 is 21.4 Å². The van der Waals surface area contributed by atoms with Crippen LogP contribution in [0.1, 0.15) is 36.5 Å². The Morgan fingerprint density at radius 2 is 1.66 bits per heavy atom. The molecule has 0 saturated carbocycles. The predicted octanol–water partition coefficient (Wildman–Crippen LogP) is 6.91. The number of likely N-dealkylation sites (tertiary alicyclic amines) is 1. The molecular formula is C28H27NO2S. The first-order valence-electron chi connectivity index (χ1n) is 11.6. The molecule has 4 heteroatoms. The van der Waals surface area contributed by atoms with Gasteiger partial charge in [0, 0.05) is 32.6 Å². The number of thiophene rings is 1. The predicted molar refractivity (Wildman–Crippen MR) is 132 cm³/mol. The summed E-state index contributed by atoms with van der Waals surface area (Å²) in [4.78, 5) is 3.83. The van der Waals surface area contributed by atoms with Gasteiger partial charge in [-0.1, -0.05) is 48.9 Å². The van der Waals surface area contributed by atoms with Crippen molar-refractivity contribution in [1.29, 1.82) is 0 Å². The maximum Gasteiger partial charge on any atom is 0.151 e. The average Bonchev–Trinajstić information content (AvgIpc) is 3.25. The van der Waals surface area contributed by atoms with E-state index >= 15 is 0 Å². The van der Waals surface area contributed by atoms with E-state index in [9.17, 15) is 0 Å². The van der Waals surface area contributed by atoms with Crippen LogP contribution in [0.2, 0.25) is 0 Å². The van der Waals surface area contributed by atoms with Gasteiger partial charge in [-0.2, -0.15) is 0 Å². The van der Waals surface area contributed by atoms with Crippen LogP contribution in [0.5, 0.6) is 11.5 Å². The van der Waals surface area contributed by atoms with E-state index in [1.54, 1.807) is 0 Å². The van der Waals surface area contributed by atoms with Gasteiger partial charge in [-0.05, 0) is 61.8 Å². The summed E-state index contributed by atoms with van der Waals surface area (Å²) < 4.78 is 13.9. The molecule has 1 atom stereocenters. The van der Waals surface area contributed by atoms with Crippen molar-refractivity contribution in [1.82, 2.24) is 4.90 Å². The van der Waals surface area contributed by atoms with E-state index in [-0.39, 0.29) is 6.10 Å². The fourth-order valence-corrected chi connectivity index (χ4v) is 6.18. The zero-order valence-corrected chi connectivity index (χ0v) is 18.9. The van der Waals surface area contributed by atoms with Gasteiger partial charge >= 0.3 is 0 Å². The van der Waals surface area contributed by atoms with Crippen molar-refractivity contribution in [3.63, 3.8) is 0 Å². The fraction of sp³-hybridized carbons (Fsp3) is 0.286. The molecule has 1 fully saturated rings. The zero-order chi connectivity index (χ0) is 21.3. The lowest BCUT2D eigenvalue weighted by molar-refractivity contribution is 0.183. The minimum absolute atomic E-state index is 0.113. The van der Waals surface area contributed by atoms with Crippen molar-refractivity contribution in [2.75, 3.05) is 26.2 Å². The maximum absolute atomic E-state index is 6.57. The number of para-hydroxylation sites is 1. The Morgan fingerprint density at radius 3 is 2.53 bits per heavy atom. The average molecular weight is 442 g/mol. The molecule has 0 N–H and O–H groups in total. The summed E-state index contributed by atoms with van der Waals surface area (Å²) in [5.74, 6) is 1.88. The van der Waals surface area contributed by atoms with Gasteiger partial charge in [0.15, 0.2) is 6.10 Å². The van der Waals surface area contributed by atoms with Gasteiger partial charge < -0.3 is 9.47 Å². The quantitative estimate of drug-likeness (QED) is 0.336. The largest absolute Gasteiger partial charge is 0.492 e. The van der Waals surface area contributed by atoms with E-state index in [0.717, 1.165) is 30.2 Å². The molecule has 3 heterocycles. The zero-order valence-electron chi connectivity index (χ0n) is 18.1. The molecule has 6 rings (SSSR count). The minimum atomic E-state index is -0.113. The molecule has 0 bridgehead atoms. The van der Waals surface area contributed by atoms with Gasteiger partial charge in [0.2, 0.25) is 0 Å². The Labute approximate surface area is 193 Å². The highest BCUT2D eigenvalue weighted by Gasteiger charge is 2.31. The summed E-state index contributed by atoms with van der Waals surface area (Å²) in [6, 6.07) is 25.5. The number of nitrogens with zero attached hydrogens (tertiary/aromatic N) is 1. The molecule has 4 aromatic rings. The third kappa shape index (κ3) is 3.68. The third-order valence-corrected chi connectivity index (χ3v) is 7.80. The molecule has 1 saturated heterocycles. The molecule has 2 aliphatic heterocycles. The van der Waals surface area contributed by atoms with Gasteiger partial charge in [0.05, 0.1) is 0 Å². The first-order chi connectivity index (χ1) is 15.9. The number of piperidine rings is 1. The number of ether oxygens (including phenoxy) is 2. The van der Waals surface area contributed by atoms with Crippen molar-refractivity contribution < 1.29 is 9.47 Å². The molecule has 1 aromatic heterocycles. The summed E-state index contributed by atoms with van der Waals surface area (Å²) in [6.45, 7) is 4.17. The molecule has 0 amide bonds. The molecule has 3 nitrogen and oxygen atoms in total. The molecule has 2 aliphatic rings. The van der Waals surface area contributed by atoms with Crippen molar-refractivity contribution in [3.05, 3.63) is 83.9 Å². The van der Waals surface area contributed by atoms with Crippen LogP contribution in [0.15, 0.2) is 72.8 Å². The molecule has 162 valence electrons. The Kier molecular flexibility index (Phi) is 5.34. The summed E-state index contributed by atoms with van der Waals surface area (Å²) in [7, 11) is 0. The first kappa shape index (κ1) is 19.8. The van der Waals surface area contributed by atoms with Crippen LogP contribution >= 0.6 is 11.3 Å². The van der Waals surface area contributed by atoms with Crippen LogP contribution in [0.4, 0.5) is 0 Å². The second-order valence-electron chi connectivity index (χ2n) is 8.65. The number of benzene rings is 3. The number of rotatable bonds is 5. The summed E-state index contributed by atoms with van der Waals surface area (Å²) in [6.07, 6.45) is 3.89. The second kappa shape index (κ2) is 8.61. The van der Waals surface area contributed by atoms with Gasteiger partial charge in [0.25, 0.3) is 0 Å². The van der Waals surface area contributed by atoms with Gasteiger partial charge in [-0.15, -0.1) is 11.3 Å². The molecule has 0 aliphatic carbocycles. The Hall–Kier alpha value is -2.82. The molecule has 0 spiro atoms. The molecule has 32 heavy (non-hydrogen) atoms. The van der Waals surface area contributed by atoms with E-state index < -0.39 is 0 Å². The lowest BCUT2D eigenvalue weighted by atomic mass is 9.93. The molecule has 3 aromatic carbocycles. The monoisotopic (exact) mass is 441 g/mol. The molecular weight excluding hydrogens is 414 g/mol. The molecule has 1 unspecified atom stereocenters. The summed E-state index contributed by atoms with van der Waals surface area (Å²) >= 11 is 1.86. The number of hydrogen-bond acceptors (Lipinski definition) is 4. The number of hydrogen-bond donors (Lipinski definition) is 0. The van der Waals surface area contributed by atoms with Gasteiger partial charge in [-0.25, -0.2) is 0 Å². The lowest BCUT2D eigenvalue weighted by Gasteiger charge is -2.27. The van der Waals surface area contributed by atoms with Gasteiger partial charge in [0.1, 0.15) is 18.1 Å². The summed E-state index contributed by atoms with van der Waals surface area (Å²) in [5.41, 5.74) is 3.63. The topological polar surface area (TPSA) is 21.7 Å². The smallest absolute Gasteiger partial charge is 0.151 e. The van der Waals surface area contributed by atoms with Crippen molar-refractivity contribution in [3.8, 4) is 21.9 Å². The van der Waals surface area contributed by atoms with E-state index in [1.165, 1.54) is 58.4 Å².